The molecule has 0 atom stereocenters. The van der Waals surface area contributed by atoms with Crippen molar-refractivity contribution >= 4 is 22.5 Å². The molecule has 3 aromatic rings. The van der Waals surface area contributed by atoms with Crippen LogP contribution in [0.4, 0.5) is 10.1 Å². The van der Waals surface area contributed by atoms with Gasteiger partial charge in [-0.25, -0.2) is 4.39 Å². The first-order chi connectivity index (χ1) is 12.1. The Labute approximate surface area is 145 Å². The van der Waals surface area contributed by atoms with Gasteiger partial charge in [-0.2, -0.15) is 5.10 Å². The van der Waals surface area contributed by atoms with Gasteiger partial charge in [0.15, 0.2) is 5.69 Å². The van der Waals surface area contributed by atoms with Crippen molar-refractivity contribution in [3.63, 3.8) is 0 Å². The highest BCUT2D eigenvalue weighted by Crippen LogP contribution is 2.21. The minimum atomic E-state index is -0.238. The Morgan fingerprint density at radius 1 is 1.08 bits per heavy atom. The first-order valence-electron chi connectivity index (χ1n) is 8.36. The van der Waals surface area contributed by atoms with E-state index < -0.39 is 0 Å². The highest BCUT2D eigenvalue weighted by Gasteiger charge is 2.25. The van der Waals surface area contributed by atoms with E-state index in [1.165, 1.54) is 12.1 Å². The molecule has 25 heavy (non-hydrogen) atoms. The molecule has 0 radical (unpaired) electrons. The van der Waals surface area contributed by atoms with Crippen molar-refractivity contribution in [3.8, 4) is 0 Å². The van der Waals surface area contributed by atoms with Gasteiger partial charge in [-0.15, -0.1) is 0 Å². The predicted molar refractivity (Wildman–Crippen MR) is 95.3 cm³/mol. The average Bonchev–Trinajstić information content (AvgIpc) is 3.05. The number of benzene rings is 2. The van der Waals surface area contributed by atoms with Crippen LogP contribution in [-0.4, -0.2) is 47.2 Å². The standard InChI is InChI=1S/C19H19FN4O/c1-13-2-7-17-16(12-13)18(22-21-17)19(25)24-10-8-23(9-11-24)15-5-3-14(20)4-6-15/h2-7,12H,8-11H2,1H3,(H,21,22). The number of aromatic amines is 1. The number of amides is 1. The molecule has 5 nitrogen and oxygen atoms in total. The summed E-state index contributed by atoms with van der Waals surface area (Å²) in [6.07, 6.45) is 0. The van der Waals surface area contributed by atoms with Gasteiger partial charge in [-0.1, -0.05) is 11.6 Å². The summed E-state index contributed by atoms with van der Waals surface area (Å²) in [4.78, 5) is 16.8. The third-order valence-corrected chi connectivity index (χ3v) is 4.68. The van der Waals surface area contributed by atoms with Crippen LogP contribution in [0.2, 0.25) is 0 Å². The number of H-pyrrole nitrogens is 1. The number of nitrogens with zero attached hydrogens (tertiary/aromatic N) is 3. The number of aryl methyl sites for hydroxylation is 1. The molecule has 1 fully saturated rings. The molecule has 1 aliphatic rings. The molecule has 128 valence electrons. The van der Waals surface area contributed by atoms with Gasteiger partial charge in [0.2, 0.25) is 0 Å². The zero-order chi connectivity index (χ0) is 17.4. The fourth-order valence-electron chi connectivity index (χ4n) is 3.26. The van der Waals surface area contributed by atoms with Crippen LogP contribution in [0.1, 0.15) is 16.1 Å². The summed E-state index contributed by atoms with van der Waals surface area (Å²) < 4.78 is 13.1. The fraction of sp³-hybridized carbons (Fsp3) is 0.263. The van der Waals surface area contributed by atoms with Gasteiger partial charge in [-0.05, 0) is 43.3 Å². The smallest absolute Gasteiger partial charge is 0.275 e. The molecule has 0 aliphatic carbocycles. The zero-order valence-corrected chi connectivity index (χ0v) is 14.0. The highest BCUT2D eigenvalue weighted by molar-refractivity contribution is 6.04. The maximum Gasteiger partial charge on any atom is 0.275 e. The van der Waals surface area contributed by atoms with Gasteiger partial charge >= 0.3 is 0 Å². The topological polar surface area (TPSA) is 52.2 Å². The van der Waals surface area contributed by atoms with Crippen LogP contribution in [0.25, 0.3) is 10.9 Å². The fourth-order valence-corrected chi connectivity index (χ4v) is 3.26. The largest absolute Gasteiger partial charge is 0.368 e. The third-order valence-electron chi connectivity index (χ3n) is 4.68. The highest BCUT2D eigenvalue weighted by atomic mass is 19.1. The lowest BCUT2D eigenvalue weighted by Gasteiger charge is -2.35. The molecule has 1 saturated heterocycles. The van der Waals surface area contributed by atoms with E-state index in [0.29, 0.717) is 18.8 Å². The van der Waals surface area contributed by atoms with Crippen LogP contribution in [0.3, 0.4) is 0 Å². The number of piperazine rings is 1. The lowest BCUT2D eigenvalue weighted by Crippen LogP contribution is -2.48. The Balaban J connectivity index is 1.49. The molecule has 4 rings (SSSR count). The van der Waals surface area contributed by atoms with Crippen molar-refractivity contribution in [3.05, 3.63) is 59.5 Å². The lowest BCUT2D eigenvalue weighted by atomic mass is 10.1. The van der Waals surface area contributed by atoms with Gasteiger partial charge in [0.25, 0.3) is 5.91 Å². The Hall–Kier alpha value is -2.89. The second kappa shape index (κ2) is 6.20. The molecule has 0 unspecified atom stereocenters. The first-order valence-corrected chi connectivity index (χ1v) is 8.36. The average molecular weight is 338 g/mol. The normalized spacial score (nSPS) is 15.0. The summed E-state index contributed by atoms with van der Waals surface area (Å²) in [5.74, 6) is -0.283. The number of hydrogen-bond donors (Lipinski definition) is 1. The second-order valence-corrected chi connectivity index (χ2v) is 6.38. The van der Waals surface area contributed by atoms with Crippen LogP contribution in [0.15, 0.2) is 42.5 Å². The van der Waals surface area contributed by atoms with E-state index in [2.05, 4.69) is 15.1 Å². The number of hydrogen-bond acceptors (Lipinski definition) is 3. The van der Waals surface area contributed by atoms with Gasteiger partial charge in [0.05, 0.1) is 5.52 Å². The molecule has 0 bridgehead atoms. The molecule has 0 saturated carbocycles. The maximum absolute atomic E-state index is 13.1. The molecule has 0 spiro atoms. The van der Waals surface area contributed by atoms with Crippen LogP contribution in [-0.2, 0) is 0 Å². The van der Waals surface area contributed by atoms with Crippen molar-refractivity contribution in [1.82, 2.24) is 15.1 Å². The minimum Gasteiger partial charge on any atom is -0.368 e. The summed E-state index contributed by atoms with van der Waals surface area (Å²) in [5, 5.41) is 8.03. The van der Waals surface area contributed by atoms with E-state index >= 15 is 0 Å². The van der Waals surface area contributed by atoms with Crippen molar-refractivity contribution in [2.24, 2.45) is 0 Å². The Morgan fingerprint density at radius 2 is 1.80 bits per heavy atom. The van der Waals surface area contributed by atoms with Crippen LogP contribution >= 0.6 is 0 Å². The van der Waals surface area contributed by atoms with Crippen molar-refractivity contribution < 1.29 is 9.18 Å². The molecule has 1 amide bonds. The number of halogens is 1. The summed E-state index contributed by atoms with van der Waals surface area (Å²) >= 11 is 0. The number of nitrogens with one attached hydrogen (secondary N) is 1. The molecule has 6 heteroatoms. The summed E-state index contributed by atoms with van der Waals surface area (Å²) in [7, 11) is 0. The summed E-state index contributed by atoms with van der Waals surface area (Å²) in [6, 6.07) is 12.4. The van der Waals surface area contributed by atoms with E-state index in [-0.39, 0.29) is 11.7 Å². The number of anilines is 1. The lowest BCUT2D eigenvalue weighted by molar-refractivity contribution is 0.0743. The number of carbonyl (C=O) groups is 1. The maximum atomic E-state index is 13.1. The van der Waals surface area contributed by atoms with Crippen molar-refractivity contribution in [1.29, 1.82) is 0 Å². The molecule has 1 N–H and O–H groups in total. The summed E-state index contributed by atoms with van der Waals surface area (Å²) in [5.41, 5.74) is 3.44. The van der Waals surface area contributed by atoms with E-state index in [1.807, 2.05) is 30.0 Å². The Kier molecular flexibility index (Phi) is 3.87. The third kappa shape index (κ3) is 2.95. The first kappa shape index (κ1) is 15.6. The van der Waals surface area contributed by atoms with Gasteiger partial charge in [-0.3, -0.25) is 9.89 Å². The van der Waals surface area contributed by atoms with E-state index in [9.17, 15) is 9.18 Å². The number of fused-ring (bicyclic) bond motifs is 1. The van der Waals surface area contributed by atoms with Crippen LogP contribution < -0.4 is 4.90 Å². The quantitative estimate of drug-likeness (QED) is 0.781. The molecular weight excluding hydrogens is 319 g/mol. The second-order valence-electron chi connectivity index (χ2n) is 6.38. The molecule has 2 heterocycles. The SMILES string of the molecule is Cc1ccc2[nH]nc(C(=O)N3CCN(c4ccc(F)cc4)CC3)c2c1. The molecular formula is C19H19FN4O. The van der Waals surface area contributed by atoms with Crippen molar-refractivity contribution in [2.75, 3.05) is 31.1 Å². The van der Waals surface area contributed by atoms with E-state index in [0.717, 1.165) is 35.2 Å². The van der Waals surface area contributed by atoms with Crippen LogP contribution in [0, 0.1) is 12.7 Å². The van der Waals surface area contributed by atoms with E-state index in [1.54, 1.807) is 12.1 Å². The Morgan fingerprint density at radius 3 is 2.52 bits per heavy atom. The van der Waals surface area contributed by atoms with Gasteiger partial charge in [0.1, 0.15) is 5.82 Å². The monoisotopic (exact) mass is 338 g/mol. The zero-order valence-electron chi connectivity index (χ0n) is 14.0. The molecule has 2 aromatic carbocycles. The van der Waals surface area contributed by atoms with Gasteiger partial charge < -0.3 is 9.80 Å². The van der Waals surface area contributed by atoms with E-state index in [4.69, 9.17) is 0 Å². The molecule has 1 aromatic heterocycles. The summed E-state index contributed by atoms with van der Waals surface area (Å²) in [6.45, 7) is 4.69. The number of carbonyl (C=O) groups excluding carboxylic acids is 1. The van der Waals surface area contributed by atoms with Crippen molar-refractivity contribution in [2.45, 2.75) is 6.92 Å². The Bertz CT molecular complexity index is 911. The minimum absolute atomic E-state index is 0.0457. The number of rotatable bonds is 2. The predicted octanol–water partition coefficient (Wildman–Crippen LogP) is 2.97. The number of aromatic nitrogens is 2. The molecule has 1 aliphatic heterocycles. The van der Waals surface area contributed by atoms with Gasteiger partial charge in [0, 0.05) is 37.3 Å². The van der Waals surface area contributed by atoms with Crippen LogP contribution in [0.5, 0.6) is 0 Å².